The standard InChI is InChI=1S/C13H22N2O4/c16-12(7-10-1-3-14-4-2-10)15-5-6-19-11(9-15)8-13(17)18/h10-11,14H,1-9H2,(H,17,18). The Morgan fingerprint density at radius 3 is 2.68 bits per heavy atom. The number of ether oxygens (including phenoxy) is 1. The first-order chi connectivity index (χ1) is 9.15. The van der Waals surface area contributed by atoms with Gasteiger partial charge in [0.1, 0.15) is 0 Å². The predicted molar refractivity (Wildman–Crippen MR) is 68.8 cm³/mol. The number of hydrogen-bond acceptors (Lipinski definition) is 4. The smallest absolute Gasteiger partial charge is 0.306 e. The Labute approximate surface area is 113 Å². The van der Waals surface area contributed by atoms with Crippen molar-refractivity contribution in [3.05, 3.63) is 0 Å². The summed E-state index contributed by atoms with van der Waals surface area (Å²) >= 11 is 0. The summed E-state index contributed by atoms with van der Waals surface area (Å²) < 4.78 is 5.37. The summed E-state index contributed by atoms with van der Waals surface area (Å²) in [6.45, 7) is 3.41. The number of carboxylic acids is 1. The first kappa shape index (κ1) is 14.3. The quantitative estimate of drug-likeness (QED) is 0.756. The van der Waals surface area contributed by atoms with E-state index in [9.17, 15) is 9.59 Å². The van der Waals surface area contributed by atoms with E-state index in [0.29, 0.717) is 32.0 Å². The van der Waals surface area contributed by atoms with Gasteiger partial charge in [0.15, 0.2) is 0 Å². The predicted octanol–water partition coefficient (Wildman–Crippen LogP) is 0.0782. The molecule has 0 bridgehead atoms. The van der Waals surface area contributed by atoms with Gasteiger partial charge in [0.25, 0.3) is 0 Å². The summed E-state index contributed by atoms with van der Waals surface area (Å²) in [5.41, 5.74) is 0. The van der Waals surface area contributed by atoms with Crippen molar-refractivity contribution in [1.82, 2.24) is 10.2 Å². The van der Waals surface area contributed by atoms with Gasteiger partial charge in [0.2, 0.25) is 5.91 Å². The molecule has 2 N–H and O–H groups in total. The van der Waals surface area contributed by atoms with Crippen LogP contribution in [-0.2, 0) is 14.3 Å². The highest BCUT2D eigenvalue weighted by atomic mass is 16.5. The summed E-state index contributed by atoms with van der Waals surface area (Å²) in [6, 6.07) is 0. The van der Waals surface area contributed by atoms with Gasteiger partial charge >= 0.3 is 5.97 Å². The molecule has 19 heavy (non-hydrogen) atoms. The highest BCUT2D eigenvalue weighted by Crippen LogP contribution is 2.18. The topological polar surface area (TPSA) is 78.9 Å². The van der Waals surface area contributed by atoms with Crippen LogP contribution in [0.1, 0.15) is 25.7 Å². The first-order valence-corrected chi connectivity index (χ1v) is 6.97. The van der Waals surface area contributed by atoms with Crippen LogP contribution in [0.25, 0.3) is 0 Å². The third-order valence-electron chi connectivity index (χ3n) is 3.82. The maximum Gasteiger partial charge on any atom is 0.306 e. The second-order valence-electron chi connectivity index (χ2n) is 5.33. The molecule has 1 amide bonds. The molecule has 1 atom stereocenters. The average molecular weight is 270 g/mol. The number of piperidine rings is 1. The lowest BCUT2D eigenvalue weighted by atomic mass is 9.94. The van der Waals surface area contributed by atoms with Gasteiger partial charge in [-0.05, 0) is 31.8 Å². The summed E-state index contributed by atoms with van der Waals surface area (Å²) in [7, 11) is 0. The number of nitrogens with zero attached hydrogens (tertiary/aromatic N) is 1. The minimum absolute atomic E-state index is 0.0306. The van der Waals surface area contributed by atoms with Gasteiger partial charge < -0.3 is 20.1 Å². The van der Waals surface area contributed by atoms with E-state index in [0.717, 1.165) is 25.9 Å². The van der Waals surface area contributed by atoms with Gasteiger partial charge in [-0.15, -0.1) is 0 Å². The lowest BCUT2D eigenvalue weighted by Gasteiger charge is -2.33. The first-order valence-electron chi connectivity index (χ1n) is 6.97. The van der Waals surface area contributed by atoms with E-state index in [1.807, 2.05) is 0 Å². The van der Waals surface area contributed by atoms with E-state index in [2.05, 4.69) is 5.32 Å². The highest BCUT2D eigenvalue weighted by Gasteiger charge is 2.27. The van der Waals surface area contributed by atoms with E-state index in [1.54, 1.807) is 4.90 Å². The maximum atomic E-state index is 12.2. The van der Waals surface area contributed by atoms with Crippen molar-refractivity contribution in [1.29, 1.82) is 0 Å². The number of nitrogens with one attached hydrogen (secondary N) is 1. The molecule has 6 heteroatoms. The SMILES string of the molecule is O=C(O)CC1CN(C(=O)CC2CCNCC2)CCO1. The third kappa shape index (κ3) is 4.47. The lowest BCUT2D eigenvalue weighted by Crippen LogP contribution is -2.47. The van der Waals surface area contributed by atoms with Gasteiger partial charge in [0.05, 0.1) is 19.1 Å². The van der Waals surface area contributed by atoms with Crippen LogP contribution in [0.15, 0.2) is 0 Å². The summed E-state index contributed by atoms with van der Waals surface area (Å²) in [6.07, 6.45) is 2.30. The largest absolute Gasteiger partial charge is 0.481 e. The van der Waals surface area contributed by atoms with Crippen molar-refractivity contribution in [3.8, 4) is 0 Å². The van der Waals surface area contributed by atoms with E-state index >= 15 is 0 Å². The molecular weight excluding hydrogens is 248 g/mol. The Balaban J connectivity index is 1.79. The highest BCUT2D eigenvalue weighted by molar-refractivity contribution is 5.76. The summed E-state index contributed by atoms with van der Waals surface area (Å²) in [5.74, 6) is -0.266. The average Bonchev–Trinajstić information content (AvgIpc) is 2.39. The van der Waals surface area contributed by atoms with E-state index in [1.165, 1.54) is 0 Å². The van der Waals surface area contributed by atoms with Crippen molar-refractivity contribution in [2.24, 2.45) is 5.92 Å². The van der Waals surface area contributed by atoms with Gasteiger partial charge in [-0.2, -0.15) is 0 Å². The van der Waals surface area contributed by atoms with E-state index in [4.69, 9.17) is 9.84 Å². The molecule has 0 saturated carbocycles. The Morgan fingerprint density at radius 1 is 1.26 bits per heavy atom. The van der Waals surface area contributed by atoms with Crippen LogP contribution in [0.4, 0.5) is 0 Å². The number of morpholine rings is 1. The van der Waals surface area contributed by atoms with Crippen molar-refractivity contribution in [3.63, 3.8) is 0 Å². The number of rotatable bonds is 4. The second-order valence-corrected chi connectivity index (χ2v) is 5.33. The summed E-state index contributed by atoms with van der Waals surface area (Å²) in [5, 5.41) is 12.0. The van der Waals surface area contributed by atoms with Gasteiger partial charge in [-0.3, -0.25) is 9.59 Å². The number of aliphatic carboxylic acids is 1. The number of carboxylic acid groups (broad SMARTS) is 1. The molecule has 108 valence electrons. The summed E-state index contributed by atoms with van der Waals surface area (Å²) in [4.78, 5) is 24.6. The molecule has 2 aliphatic rings. The normalized spacial score (nSPS) is 25.3. The fourth-order valence-corrected chi connectivity index (χ4v) is 2.73. The van der Waals surface area contributed by atoms with Crippen LogP contribution in [0, 0.1) is 5.92 Å². The fourth-order valence-electron chi connectivity index (χ4n) is 2.73. The fraction of sp³-hybridized carbons (Fsp3) is 0.846. The van der Waals surface area contributed by atoms with Crippen molar-refractivity contribution in [2.75, 3.05) is 32.8 Å². The molecule has 0 aromatic rings. The molecule has 0 radical (unpaired) electrons. The number of amides is 1. The number of hydrogen-bond donors (Lipinski definition) is 2. The van der Waals surface area contributed by atoms with E-state index < -0.39 is 5.97 Å². The number of carbonyl (C=O) groups excluding carboxylic acids is 1. The Bertz CT molecular complexity index is 329. The van der Waals surface area contributed by atoms with Crippen LogP contribution in [-0.4, -0.2) is 60.8 Å². The Morgan fingerprint density at radius 2 is 2.00 bits per heavy atom. The molecule has 2 heterocycles. The molecule has 2 fully saturated rings. The molecule has 0 spiro atoms. The van der Waals surface area contributed by atoms with Crippen molar-refractivity contribution in [2.45, 2.75) is 31.8 Å². The van der Waals surface area contributed by atoms with Gasteiger partial charge in [0, 0.05) is 19.5 Å². The van der Waals surface area contributed by atoms with E-state index in [-0.39, 0.29) is 18.4 Å². The van der Waals surface area contributed by atoms with Crippen molar-refractivity contribution >= 4 is 11.9 Å². The monoisotopic (exact) mass is 270 g/mol. The van der Waals surface area contributed by atoms with Crippen LogP contribution >= 0.6 is 0 Å². The Hall–Kier alpha value is -1.14. The zero-order valence-electron chi connectivity index (χ0n) is 11.1. The lowest BCUT2D eigenvalue weighted by molar-refractivity contribution is -0.148. The van der Waals surface area contributed by atoms with Crippen LogP contribution < -0.4 is 5.32 Å². The molecular formula is C13H22N2O4. The van der Waals surface area contributed by atoms with Crippen LogP contribution in [0.3, 0.4) is 0 Å². The molecule has 0 aromatic carbocycles. The van der Waals surface area contributed by atoms with Crippen LogP contribution in [0.2, 0.25) is 0 Å². The molecule has 2 aliphatic heterocycles. The minimum atomic E-state index is -0.877. The molecule has 0 aliphatic carbocycles. The molecule has 1 unspecified atom stereocenters. The third-order valence-corrected chi connectivity index (χ3v) is 3.82. The molecule has 0 aromatic heterocycles. The molecule has 6 nitrogen and oxygen atoms in total. The zero-order chi connectivity index (χ0) is 13.7. The van der Waals surface area contributed by atoms with Gasteiger partial charge in [-0.25, -0.2) is 0 Å². The zero-order valence-corrected chi connectivity index (χ0v) is 11.1. The maximum absolute atomic E-state index is 12.2. The second kappa shape index (κ2) is 6.86. The Kier molecular flexibility index (Phi) is 5.15. The molecule has 2 rings (SSSR count). The van der Waals surface area contributed by atoms with Gasteiger partial charge in [-0.1, -0.05) is 0 Å². The number of carbonyl (C=O) groups is 2. The molecule has 2 saturated heterocycles. The minimum Gasteiger partial charge on any atom is -0.481 e. The van der Waals surface area contributed by atoms with Crippen LogP contribution in [0.5, 0.6) is 0 Å². The van der Waals surface area contributed by atoms with Crippen molar-refractivity contribution < 1.29 is 19.4 Å².